The predicted octanol–water partition coefficient (Wildman–Crippen LogP) is 7.40. The van der Waals surface area contributed by atoms with Crippen LogP contribution in [0.4, 0.5) is 11.4 Å². The van der Waals surface area contributed by atoms with Crippen molar-refractivity contribution in [3.63, 3.8) is 0 Å². The minimum Gasteiger partial charge on any atom is -0.683 e. The number of carboxylic acid groups (broad SMARTS) is 2. The minimum absolute atomic E-state index is 0.0549. The highest BCUT2D eigenvalue weighted by molar-refractivity contribution is 5.99. The molecule has 2 aliphatic rings. The molecular formula is C37H27N4O4-. The number of hydrogen-bond acceptors (Lipinski definition) is 5. The maximum absolute atomic E-state index is 12.2. The monoisotopic (exact) mass is 591 g/mol. The first-order chi connectivity index (χ1) is 21.9. The standard InChI is InChI=1S/C37H27N4O4/c42-36(43)26-14-16-38-31(19-26)33-20-27(37(44)45)21-34(40-33)32-22-29(15-17-39-32)41(28-13-12-23-6-1-2-8-25(23)18-28)35-11-5-9-24-7-3-4-10-30(24)35/h1-22,32,34,40H,(H,42,43)(H,44,45)/q-1. The molecule has 220 valence electrons. The summed E-state index contributed by atoms with van der Waals surface area (Å²) in [7, 11) is 0. The highest BCUT2D eigenvalue weighted by Gasteiger charge is 2.25. The Labute approximate surface area is 259 Å². The van der Waals surface area contributed by atoms with E-state index in [0.717, 1.165) is 38.6 Å². The van der Waals surface area contributed by atoms with E-state index in [4.69, 9.17) is 5.32 Å². The van der Waals surface area contributed by atoms with Crippen LogP contribution in [0.25, 0.3) is 32.6 Å². The van der Waals surface area contributed by atoms with Crippen LogP contribution in [-0.2, 0) is 4.79 Å². The fourth-order valence-electron chi connectivity index (χ4n) is 5.82. The van der Waals surface area contributed by atoms with E-state index in [2.05, 4.69) is 69.8 Å². The predicted molar refractivity (Wildman–Crippen MR) is 176 cm³/mol. The van der Waals surface area contributed by atoms with Crippen molar-refractivity contribution in [3.05, 3.63) is 162 Å². The quantitative estimate of drug-likeness (QED) is 0.181. The van der Waals surface area contributed by atoms with Gasteiger partial charge in [-0.15, -0.1) is 0 Å². The first kappa shape index (κ1) is 27.7. The van der Waals surface area contributed by atoms with Crippen molar-refractivity contribution in [1.82, 2.24) is 10.3 Å². The Morgan fingerprint density at radius 3 is 2.40 bits per heavy atom. The highest BCUT2D eigenvalue weighted by Crippen LogP contribution is 2.39. The van der Waals surface area contributed by atoms with Crippen molar-refractivity contribution in [3.8, 4) is 0 Å². The molecule has 3 heterocycles. The van der Waals surface area contributed by atoms with E-state index in [9.17, 15) is 19.8 Å². The summed E-state index contributed by atoms with van der Waals surface area (Å²) in [5.74, 6) is -2.19. The maximum Gasteiger partial charge on any atom is 0.335 e. The molecule has 4 aromatic carbocycles. The lowest BCUT2D eigenvalue weighted by Crippen LogP contribution is -2.39. The molecule has 45 heavy (non-hydrogen) atoms. The number of aromatic carboxylic acids is 1. The molecule has 2 aliphatic heterocycles. The van der Waals surface area contributed by atoms with E-state index in [-0.39, 0.29) is 11.1 Å². The zero-order chi connectivity index (χ0) is 30.9. The van der Waals surface area contributed by atoms with Gasteiger partial charge < -0.3 is 25.7 Å². The molecule has 8 heteroatoms. The van der Waals surface area contributed by atoms with E-state index in [1.165, 1.54) is 24.4 Å². The molecule has 0 radical (unpaired) electrons. The summed E-state index contributed by atoms with van der Waals surface area (Å²) >= 11 is 0. The average molecular weight is 592 g/mol. The zero-order valence-corrected chi connectivity index (χ0v) is 23.9. The van der Waals surface area contributed by atoms with Crippen molar-refractivity contribution >= 4 is 50.6 Å². The fourth-order valence-corrected chi connectivity index (χ4v) is 5.82. The molecule has 0 amide bonds. The number of anilines is 2. The van der Waals surface area contributed by atoms with Crippen molar-refractivity contribution in [2.24, 2.45) is 0 Å². The third-order valence-electron chi connectivity index (χ3n) is 7.98. The number of fused-ring (bicyclic) bond motifs is 2. The van der Waals surface area contributed by atoms with Crippen LogP contribution in [0, 0.1) is 0 Å². The van der Waals surface area contributed by atoms with E-state index >= 15 is 0 Å². The molecule has 0 fully saturated rings. The number of carbonyl (C=O) groups is 2. The van der Waals surface area contributed by atoms with Gasteiger partial charge in [0, 0.05) is 29.0 Å². The smallest absolute Gasteiger partial charge is 0.335 e. The Morgan fingerprint density at radius 2 is 1.58 bits per heavy atom. The van der Waals surface area contributed by atoms with Crippen molar-refractivity contribution in [2.45, 2.75) is 12.1 Å². The molecule has 0 bridgehead atoms. The first-order valence-corrected chi connectivity index (χ1v) is 14.4. The van der Waals surface area contributed by atoms with E-state index < -0.39 is 24.0 Å². The van der Waals surface area contributed by atoms with Gasteiger partial charge in [0.2, 0.25) is 0 Å². The number of pyridine rings is 1. The minimum atomic E-state index is -1.10. The lowest BCUT2D eigenvalue weighted by molar-refractivity contribution is -0.132. The van der Waals surface area contributed by atoms with Gasteiger partial charge in [0.15, 0.2) is 0 Å². The topological polar surface area (TPSA) is 117 Å². The molecule has 0 saturated heterocycles. The molecule has 0 spiro atoms. The van der Waals surface area contributed by atoms with E-state index in [1.54, 1.807) is 12.3 Å². The maximum atomic E-state index is 12.2. The molecule has 0 aliphatic carbocycles. The number of aromatic nitrogens is 1. The van der Waals surface area contributed by atoms with Crippen LogP contribution in [0.3, 0.4) is 0 Å². The molecule has 8 nitrogen and oxygen atoms in total. The van der Waals surface area contributed by atoms with Gasteiger partial charge in [-0.05, 0) is 58.6 Å². The summed E-state index contributed by atoms with van der Waals surface area (Å²) in [5.41, 5.74) is 3.69. The van der Waals surface area contributed by atoms with Gasteiger partial charge in [0.05, 0.1) is 28.2 Å². The number of aliphatic carboxylic acids is 1. The summed E-state index contributed by atoms with van der Waals surface area (Å²) in [4.78, 5) is 30.3. The third-order valence-corrected chi connectivity index (χ3v) is 7.98. The number of nitrogens with zero attached hydrogens (tertiary/aromatic N) is 3. The van der Waals surface area contributed by atoms with Crippen LogP contribution < -0.4 is 10.2 Å². The van der Waals surface area contributed by atoms with Gasteiger partial charge in [0.1, 0.15) is 0 Å². The first-order valence-electron chi connectivity index (χ1n) is 14.4. The zero-order valence-electron chi connectivity index (χ0n) is 23.9. The molecule has 1 aromatic heterocycles. The van der Waals surface area contributed by atoms with Crippen LogP contribution in [-0.4, -0.2) is 39.2 Å². The van der Waals surface area contributed by atoms with Gasteiger partial charge in [-0.25, -0.2) is 9.59 Å². The van der Waals surface area contributed by atoms with Crippen molar-refractivity contribution in [2.75, 3.05) is 4.90 Å². The van der Waals surface area contributed by atoms with Crippen LogP contribution in [0.15, 0.2) is 145 Å². The highest BCUT2D eigenvalue weighted by atomic mass is 16.4. The summed E-state index contributed by atoms with van der Waals surface area (Å²) in [5, 5.41) is 32.0. The SMILES string of the molecule is O=C(O)C1=CC(C2C=C(N(c3ccc4ccccc4c3)c3cccc4ccccc34)C=C[N-]2)NC(c2cc(C(=O)O)ccn2)=C1. The number of rotatable bonds is 7. The third kappa shape index (κ3) is 5.41. The Balaban J connectivity index is 1.32. The van der Waals surface area contributed by atoms with Crippen LogP contribution in [0.5, 0.6) is 0 Å². The second-order valence-electron chi connectivity index (χ2n) is 10.8. The summed E-state index contributed by atoms with van der Waals surface area (Å²) in [6.45, 7) is 0. The number of carboxylic acids is 2. The summed E-state index contributed by atoms with van der Waals surface area (Å²) < 4.78 is 0. The van der Waals surface area contributed by atoms with Gasteiger partial charge in [-0.3, -0.25) is 4.98 Å². The molecule has 7 rings (SSSR count). The lowest BCUT2D eigenvalue weighted by Gasteiger charge is -2.41. The summed E-state index contributed by atoms with van der Waals surface area (Å²) in [6, 6.07) is 30.9. The Morgan fingerprint density at radius 1 is 0.800 bits per heavy atom. The largest absolute Gasteiger partial charge is 0.683 e. The van der Waals surface area contributed by atoms with Crippen molar-refractivity contribution < 1.29 is 19.8 Å². The number of dihydropyridines is 1. The Bertz CT molecular complexity index is 2110. The molecule has 3 N–H and O–H groups in total. The Hall–Kier alpha value is -6.15. The van der Waals surface area contributed by atoms with E-state index in [0.29, 0.717) is 11.4 Å². The number of allylic oxidation sites excluding steroid dienone is 1. The number of nitrogens with one attached hydrogen (secondary N) is 1. The van der Waals surface area contributed by atoms with Gasteiger partial charge in [0.25, 0.3) is 0 Å². The fraction of sp³-hybridized carbons (Fsp3) is 0.0541. The molecule has 2 unspecified atom stereocenters. The average Bonchev–Trinajstić information content (AvgIpc) is 3.08. The van der Waals surface area contributed by atoms with Crippen molar-refractivity contribution in [1.29, 1.82) is 0 Å². The number of hydrogen-bond donors (Lipinski definition) is 3. The van der Waals surface area contributed by atoms with Gasteiger partial charge in [-0.1, -0.05) is 84.9 Å². The normalized spacial score (nSPS) is 17.5. The Kier molecular flexibility index (Phi) is 7.07. The second kappa shape index (κ2) is 11.5. The molecular weight excluding hydrogens is 564 g/mol. The lowest BCUT2D eigenvalue weighted by atomic mass is 9.96. The van der Waals surface area contributed by atoms with E-state index in [1.807, 2.05) is 42.5 Å². The van der Waals surface area contributed by atoms with Crippen LogP contribution in [0.2, 0.25) is 0 Å². The number of benzene rings is 4. The van der Waals surface area contributed by atoms with Gasteiger partial charge in [-0.2, -0.15) is 6.20 Å². The molecule has 5 aromatic rings. The van der Waals surface area contributed by atoms with Crippen LogP contribution in [0.1, 0.15) is 16.1 Å². The molecule has 2 atom stereocenters. The van der Waals surface area contributed by atoms with Gasteiger partial charge >= 0.3 is 11.9 Å². The second-order valence-corrected chi connectivity index (χ2v) is 10.8. The van der Waals surface area contributed by atoms with Crippen LogP contribution >= 0.6 is 0 Å². The molecule has 0 saturated carbocycles. The summed E-state index contributed by atoms with van der Waals surface area (Å²) in [6.07, 6.45) is 10.2.